The number of hydrogen-bond acceptors (Lipinski definition) is 3. The number of likely N-dealkylation sites (N-methyl/N-ethyl adjacent to an activating group) is 1. The number of nitrogens with zero attached hydrogens (tertiary/aromatic N) is 1. The first kappa shape index (κ1) is 14.5. The van der Waals surface area contributed by atoms with Crippen LogP contribution in [0.1, 0.15) is 11.6 Å². The van der Waals surface area contributed by atoms with Crippen molar-refractivity contribution in [2.75, 3.05) is 27.2 Å². The van der Waals surface area contributed by atoms with Gasteiger partial charge >= 0.3 is 0 Å². The molecule has 0 fully saturated rings. The standard InChI is InChI=1S/C12H17F2N3O/c1-17(2)7-6-16-11(12(15)18)8-4-3-5-9(13)10(8)14/h3-5,11,16H,6-7H2,1-2H3,(H2,15,18). The van der Waals surface area contributed by atoms with E-state index in [0.717, 1.165) is 6.07 Å². The lowest BCUT2D eigenvalue weighted by atomic mass is 10.1. The highest BCUT2D eigenvalue weighted by Crippen LogP contribution is 2.18. The Morgan fingerprint density at radius 2 is 2.11 bits per heavy atom. The maximum atomic E-state index is 13.6. The second-order valence-corrected chi connectivity index (χ2v) is 4.24. The van der Waals surface area contributed by atoms with Gasteiger partial charge in [-0.15, -0.1) is 0 Å². The largest absolute Gasteiger partial charge is 0.368 e. The van der Waals surface area contributed by atoms with Crippen molar-refractivity contribution < 1.29 is 13.6 Å². The van der Waals surface area contributed by atoms with E-state index < -0.39 is 23.6 Å². The molecular weight excluding hydrogens is 240 g/mol. The SMILES string of the molecule is CN(C)CCNC(C(N)=O)c1cccc(F)c1F. The van der Waals surface area contributed by atoms with Gasteiger partial charge < -0.3 is 16.0 Å². The van der Waals surface area contributed by atoms with Gasteiger partial charge in [0.2, 0.25) is 5.91 Å². The highest BCUT2D eigenvalue weighted by Gasteiger charge is 2.22. The van der Waals surface area contributed by atoms with Crippen LogP contribution in [0.5, 0.6) is 0 Å². The van der Waals surface area contributed by atoms with Crippen molar-refractivity contribution in [3.8, 4) is 0 Å². The molecule has 1 atom stereocenters. The number of amides is 1. The van der Waals surface area contributed by atoms with Gasteiger partial charge in [0.1, 0.15) is 6.04 Å². The number of nitrogens with two attached hydrogens (primary N) is 1. The van der Waals surface area contributed by atoms with Crippen LogP contribution in [0, 0.1) is 11.6 Å². The molecule has 0 aliphatic carbocycles. The minimum atomic E-state index is -1.04. The molecule has 0 saturated heterocycles. The van der Waals surface area contributed by atoms with Gasteiger partial charge in [0.15, 0.2) is 11.6 Å². The quantitative estimate of drug-likeness (QED) is 0.786. The molecule has 0 aliphatic heterocycles. The molecule has 0 aliphatic rings. The first-order valence-electron chi connectivity index (χ1n) is 5.55. The first-order chi connectivity index (χ1) is 8.43. The third-order valence-electron chi connectivity index (χ3n) is 2.48. The lowest BCUT2D eigenvalue weighted by Gasteiger charge is -2.18. The van der Waals surface area contributed by atoms with E-state index in [9.17, 15) is 13.6 Å². The summed E-state index contributed by atoms with van der Waals surface area (Å²) in [5.41, 5.74) is 5.13. The molecule has 0 radical (unpaired) electrons. The van der Waals surface area contributed by atoms with Crippen molar-refractivity contribution in [2.45, 2.75) is 6.04 Å². The fourth-order valence-corrected chi connectivity index (χ4v) is 1.54. The van der Waals surface area contributed by atoms with Crippen LogP contribution in [0.15, 0.2) is 18.2 Å². The number of carbonyl (C=O) groups excluding carboxylic acids is 1. The minimum Gasteiger partial charge on any atom is -0.368 e. The van der Waals surface area contributed by atoms with E-state index in [1.807, 2.05) is 19.0 Å². The van der Waals surface area contributed by atoms with Crippen molar-refractivity contribution in [2.24, 2.45) is 5.73 Å². The van der Waals surface area contributed by atoms with Crippen LogP contribution in [0.3, 0.4) is 0 Å². The Hall–Kier alpha value is -1.53. The molecule has 1 aromatic carbocycles. The number of nitrogens with one attached hydrogen (secondary N) is 1. The van der Waals surface area contributed by atoms with E-state index in [2.05, 4.69) is 5.32 Å². The van der Waals surface area contributed by atoms with Crippen molar-refractivity contribution in [1.29, 1.82) is 0 Å². The summed E-state index contributed by atoms with van der Waals surface area (Å²) in [6, 6.07) is 2.66. The van der Waals surface area contributed by atoms with Gasteiger partial charge in [0, 0.05) is 18.7 Å². The van der Waals surface area contributed by atoms with Crippen LogP contribution >= 0.6 is 0 Å². The zero-order chi connectivity index (χ0) is 13.7. The summed E-state index contributed by atoms with van der Waals surface area (Å²) in [5.74, 6) is -2.77. The van der Waals surface area contributed by atoms with Gasteiger partial charge in [-0.2, -0.15) is 0 Å². The average Bonchev–Trinajstić information content (AvgIpc) is 2.28. The summed E-state index contributed by atoms with van der Waals surface area (Å²) >= 11 is 0. The predicted molar refractivity (Wildman–Crippen MR) is 64.9 cm³/mol. The minimum absolute atomic E-state index is 0.0683. The number of primary amides is 1. The smallest absolute Gasteiger partial charge is 0.239 e. The molecule has 4 nitrogen and oxygen atoms in total. The fourth-order valence-electron chi connectivity index (χ4n) is 1.54. The Morgan fingerprint density at radius 3 is 2.67 bits per heavy atom. The number of carbonyl (C=O) groups is 1. The molecule has 1 rings (SSSR count). The van der Waals surface area contributed by atoms with Gasteiger partial charge in [-0.05, 0) is 20.2 Å². The molecule has 100 valence electrons. The van der Waals surface area contributed by atoms with Crippen molar-refractivity contribution in [3.05, 3.63) is 35.4 Å². The number of rotatable bonds is 6. The Balaban J connectivity index is 2.84. The molecule has 1 amide bonds. The molecule has 0 heterocycles. The van der Waals surface area contributed by atoms with Gasteiger partial charge in [-0.3, -0.25) is 4.79 Å². The monoisotopic (exact) mass is 257 g/mol. The normalized spacial score (nSPS) is 12.7. The van der Waals surface area contributed by atoms with Crippen molar-refractivity contribution in [1.82, 2.24) is 10.2 Å². The Bertz CT molecular complexity index is 424. The highest BCUT2D eigenvalue weighted by molar-refractivity contribution is 5.81. The Morgan fingerprint density at radius 1 is 1.44 bits per heavy atom. The molecule has 3 N–H and O–H groups in total. The van der Waals surface area contributed by atoms with Crippen LogP contribution in [0.2, 0.25) is 0 Å². The third kappa shape index (κ3) is 3.75. The summed E-state index contributed by atoms with van der Waals surface area (Å²) in [4.78, 5) is 13.2. The number of hydrogen-bond donors (Lipinski definition) is 2. The van der Waals surface area contributed by atoms with E-state index in [4.69, 9.17) is 5.73 Å². The Kier molecular flexibility index (Phi) is 5.18. The molecule has 0 spiro atoms. The van der Waals surface area contributed by atoms with E-state index in [1.165, 1.54) is 12.1 Å². The van der Waals surface area contributed by atoms with Crippen LogP contribution in [-0.4, -0.2) is 38.0 Å². The van der Waals surface area contributed by atoms with E-state index >= 15 is 0 Å². The molecule has 1 unspecified atom stereocenters. The second-order valence-electron chi connectivity index (χ2n) is 4.24. The van der Waals surface area contributed by atoms with E-state index in [0.29, 0.717) is 13.1 Å². The first-order valence-corrected chi connectivity index (χ1v) is 5.55. The summed E-state index contributed by atoms with van der Waals surface area (Å²) in [7, 11) is 3.73. The maximum absolute atomic E-state index is 13.6. The van der Waals surface area contributed by atoms with E-state index in [-0.39, 0.29) is 5.56 Å². The van der Waals surface area contributed by atoms with E-state index in [1.54, 1.807) is 0 Å². The fraction of sp³-hybridized carbons (Fsp3) is 0.417. The average molecular weight is 257 g/mol. The lowest BCUT2D eigenvalue weighted by molar-refractivity contribution is -0.120. The zero-order valence-electron chi connectivity index (χ0n) is 10.4. The van der Waals surface area contributed by atoms with Gasteiger partial charge in [0.05, 0.1) is 0 Å². The molecular formula is C12H17F2N3O. The molecule has 0 saturated carbocycles. The molecule has 18 heavy (non-hydrogen) atoms. The van der Waals surface area contributed by atoms with Gasteiger partial charge in [-0.1, -0.05) is 12.1 Å². The second kappa shape index (κ2) is 6.42. The summed E-state index contributed by atoms with van der Waals surface area (Å²) in [6.07, 6.45) is 0. The molecule has 6 heteroatoms. The van der Waals surface area contributed by atoms with Crippen LogP contribution in [-0.2, 0) is 4.79 Å². The number of halogens is 2. The van der Waals surface area contributed by atoms with Gasteiger partial charge in [0.25, 0.3) is 0 Å². The topological polar surface area (TPSA) is 58.4 Å². The molecule has 0 aromatic heterocycles. The predicted octanol–water partition coefficient (Wildman–Crippen LogP) is 0.642. The Labute approximate surface area is 105 Å². The molecule has 0 bridgehead atoms. The van der Waals surface area contributed by atoms with Crippen LogP contribution in [0.25, 0.3) is 0 Å². The molecule has 1 aromatic rings. The highest BCUT2D eigenvalue weighted by atomic mass is 19.2. The summed E-state index contributed by atoms with van der Waals surface area (Å²) in [5, 5.41) is 2.81. The third-order valence-corrected chi connectivity index (χ3v) is 2.48. The number of benzene rings is 1. The maximum Gasteiger partial charge on any atom is 0.239 e. The van der Waals surface area contributed by atoms with Crippen molar-refractivity contribution in [3.63, 3.8) is 0 Å². The van der Waals surface area contributed by atoms with Crippen LogP contribution in [0.4, 0.5) is 8.78 Å². The van der Waals surface area contributed by atoms with Gasteiger partial charge in [-0.25, -0.2) is 8.78 Å². The van der Waals surface area contributed by atoms with Crippen molar-refractivity contribution >= 4 is 5.91 Å². The lowest BCUT2D eigenvalue weighted by Crippen LogP contribution is -2.37. The zero-order valence-corrected chi connectivity index (χ0v) is 10.4. The summed E-state index contributed by atoms with van der Waals surface area (Å²) < 4.78 is 26.7. The van der Waals surface area contributed by atoms with Crippen LogP contribution < -0.4 is 11.1 Å². The summed E-state index contributed by atoms with van der Waals surface area (Å²) in [6.45, 7) is 1.09.